The maximum atomic E-state index is 9.63. The van der Waals surface area contributed by atoms with Crippen molar-refractivity contribution in [2.45, 2.75) is 51.1 Å². The highest BCUT2D eigenvalue weighted by atomic mass is 16.3. The lowest BCUT2D eigenvalue weighted by Gasteiger charge is -2.32. The number of benzene rings is 1. The Morgan fingerprint density at radius 1 is 1.00 bits per heavy atom. The van der Waals surface area contributed by atoms with Crippen LogP contribution in [0.5, 0.6) is 5.75 Å². The first kappa shape index (κ1) is 19.0. The third-order valence-electron chi connectivity index (χ3n) is 5.81. The van der Waals surface area contributed by atoms with E-state index in [0.29, 0.717) is 11.8 Å². The molecule has 2 N–H and O–H groups in total. The molecule has 1 aromatic heterocycles. The number of aromatic nitrogens is 2. The zero-order valence-corrected chi connectivity index (χ0v) is 16.6. The number of aromatic hydroxyl groups is 1. The number of likely N-dealkylation sites (tertiary alicyclic amines) is 1. The summed E-state index contributed by atoms with van der Waals surface area (Å²) in [6, 6.07) is 10.0. The predicted molar refractivity (Wildman–Crippen MR) is 113 cm³/mol. The first-order chi connectivity index (χ1) is 13.8. The van der Waals surface area contributed by atoms with Gasteiger partial charge in [0.2, 0.25) is 5.95 Å². The van der Waals surface area contributed by atoms with Gasteiger partial charge in [-0.25, -0.2) is 4.98 Å². The van der Waals surface area contributed by atoms with Gasteiger partial charge < -0.3 is 15.3 Å². The molecule has 6 nitrogen and oxygen atoms in total. The lowest BCUT2D eigenvalue weighted by Crippen LogP contribution is -2.39. The maximum absolute atomic E-state index is 9.63. The van der Waals surface area contributed by atoms with Crippen LogP contribution in [0.25, 0.3) is 0 Å². The van der Waals surface area contributed by atoms with Gasteiger partial charge in [0.15, 0.2) is 0 Å². The van der Waals surface area contributed by atoms with E-state index in [4.69, 9.17) is 4.98 Å². The van der Waals surface area contributed by atoms with Crippen LogP contribution in [0.4, 0.5) is 11.8 Å². The van der Waals surface area contributed by atoms with Gasteiger partial charge >= 0.3 is 0 Å². The zero-order valence-electron chi connectivity index (χ0n) is 16.6. The molecule has 3 heterocycles. The first-order valence-corrected chi connectivity index (χ1v) is 10.6. The van der Waals surface area contributed by atoms with Crippen molar-refractivity contribution in [3.8, 4) is 5.75 Å². The summed E-state index contributed by atoms with van der Waals surface area (Å²) in [5.74, 6) is 2.16. The Hall–Kier alpha value is -2.34. The van der Waals surface area contributed by atoms with Gasteiger partial charge in [-0.2, -0.15) is 4.98 Å². The van der Waals surface area contributed by atoms with Gasteiger partial charge in [0.25, 0.3) is 0 Å². The van der Waals surface area contributed by atoms with E-state index in [1.807, 2.05) is 24.4 Å². The number of phenolic OH excluding ortho intramolecular Hbond substituents is 1. The minimum atomic E-state index is 0.343. The number of hydrogen-bond acceptors (Lipinski definition) is 6. The molecule has 0 radical (unpaired) electrons. The number of phenols is 1. The van der Waals surface area contributed by atoms with Gasteiger partial charge in [-0.05, 0) is 49.4 Å². The SMILES string of the molecule is Oc1cccc(CN2CCC(Nc3nccc(N4CCCCCC4)n3)CC2)c1. The largest absolute Gasteiger partial charge is 0.508 e. The molecule has 0 spiro atoms. The Bertz CT molecular complexity index is 752. The third-order valence-corrected chi connectivity index (χ3v) is 5.81. The molecule has 1 aromatic carbocycles. The molecule has 6 heteroatoms. The molecule has 2 aliphatic rings. The van der Waals surface area contributed by atoms with E-state index >= 15 is 0 Å². The van der Waals surface area contributed by atoms with Crippen LogP contribution in [-0.2, 0) is 6.54 Å². The van der Waals surface area contributed by atoms with Crippen LogP contribution < -0.4 is 10.2 Å². The van der Waals surface area contributed by atoms with Crippen molar-refractivity contribution in [3.05, 3.63) is 42.1 Å². The summed E-state index contributed by atoms with van der Waals surface area (Å²) in [5.41, 5.74) is 1.17. The van der Waals surface area contributed by atoms with E-state index in [1.54, 1.807) is 6.07 Å². The standard InChI is InChI=1S/C22H31N5O/c28-20-7-5-6-18(16-20)17-26-14-9-19(10-15-26)24-22-23-11-8-21(25-22)27-12-3-1-2-4-13-27/h5-8,11,16,19,28H,1-4,9-10,12-15,17H2,(H,23,24,25). The van der Waals surface area contributed by atoms with E-state index in [2.05, 4.69) is 26.2 Å². The van der Waals surface area contributed by atoms with Gasteiger partial charge in [-0.3, -0.25) is 4.90 Å². The van der Waals surface area contributed by atoms with Crippen LogP contribution in [0.3, 0.4) is 0 Å². The van der Waals surface area contributed by atoms with Crippen LogP contribution in [-0.4, -0.2) is 52.2 Å². The van der Waals surface area contributed by atoms with Crippen LogP contribution in [0.1, 0.15) is 44.1 Å². The lowest BCUT2D eigenvalue weighted by atomic mass is 10.0. The minimum absolute atomic E-state index is 0.343. The number of rotatable bonds is 5. The molecule has 28 heavy (non-hydrogen) atoms. The first-order valence-electron chi connectivity index (χ1n) is 10.6. The Kier molecular flexibility index (Phi) is 6.27. The number of anilines is 2. The van der Waals surface area contributed by atoms with Crippen LogP contribution >= 0.6 is 0 Å². The fourth-order valence-electron chi connectivity index (χ4n) is 4.23. The van der Waals surface area contributed by atoms with Crippen LogP contribution in [0.2, 0.25) is 0 Å². The molecule has 2 aromatic rings. The zero-order chi connectivity index (χ0) is 19.2. The van der Waals surface area contributed by atoms with Gasteiger partial charge in [0, 0.05) is 45.0 Å². The van der Waals surface area contributed by atoms with Crippen molar-refractivity contribution in [2.24, 2.45) is 0 Å². The molecular weight excluding hydrogens is 350 g/mol. The number of nitrogens with one attached hydrogen (secondary N) is 1. The summed E-state index contributed by atoms with van der Waals surface area (Å²) in [4.78, 5) is 14.1. The van der Waals surface area contributed by atoms with E-state index in [-0.39, 0.29) is 0 Å². The maximum Gasteiger partial charge on any atom is 0.224 e. The molecule has 0 unspecified atom stereocenters. The Balaban J connectivity index is 1.29. The summed E-state index contributed by atoms with van der Waals surface area (Å²) in [7, 11) is 0. The number of piperidine rings is 1. The Morgan fingerprint density at radius 2 is 1.79 bits per heavy atom. The van der Waals surface area contributed by atoms with Crippen molar-refractivity contribution in [1.82, 2.24) is 14.9 Å². The van der Waals surface area contributed by atoms with Crippen molar-refractivity contribution in [3.63, 3.8) is 0 Å². The lowest BCUT2D eigenvalue weighted by molar-refractivity contribution is 0.211. The average Bonchev–Trinajstić information content (AvgIpc) is 2.99. The van der Waals surface area contributed by atoms with Crippen molar-refractivity contribution in [2.75, 3.05) is 36.4 Å². The molecule has 0 atom stereocenters. The second-order valence-corrected chi connectivity index (χ2v) is 8.00. The minimum Gasteiger partial charge on any atom is -0.508 e. The highest BCUT2D eigenvalue weighted by Gasteiger charge is 2.20. The molecule has 150 valence electrons. The van der Waals surface area contributed by atoms with Crippen molar-refractivity contribution >= 4 is 11.8 Å². The van der Waals surface area contributed by atoms with E-state index in [9.17, 15) is 5.11 Å². The Labute approximate surface area is 167 Å². The summed E-state index contributed by atoms with van der Waals surface area (Å²) >= 11 is 0. The molecule has 0 amide bonds. The van der Waals surface area contributed by atoms with E-state index in [1.165, 1.54) is 31.2 Å². The molecule has 2 saturated heterocycles. The highest BCUT2D eigenvalue weighted by molar-refractivity contribution is 5.43. The highest BCUT2D eigenvalue weighted by Crippen LogP contribution is 2.21. The monoisotopic (exact) mass is 381 g/mol. The molecular formula is C22H31N5O. The summed E-state index contributed by atoms with van der Waals surface area (Å²) in [6.45, 7) is 5.17. The molecule has 2 aliphatic heterocycles. The Morgan fingerprint density at radius 3 is 2.54 bits per heavy atom. The van der Waals surface area contributed by atoms with E-state index in [0.717, 1.165) is 57.3 Å². The van der Waals surface area contributed by atoms with Gasteiger partial charge in [-0.1, -0.05) is 25.0 Å². The summed E-state index contributed by atoms with van der Waals surface area (Å²) < 4.78 is 0. The molecule has 0 saturated carbocycles. The molecule has 4 rings (SSSR count). The second kappa shape index (κ2) is 9.24. The van der Waals surface area contributed by atoms with Gasteiger partial charge in [-0.15, -0.1) is 0 Å². The van der Waals surface area contributed by atoms with E-state index < -0.39 is 0 Å². The van der Waals surface area contributed by atoms with Crippen molar-refractivity contribution < 1.29 is 5.11 Å². The number of hydrogen-bond donors (Lipinski definition) is 2. The summed E-state index contributed by atoms with van der Waals surface area (Å²) in [5, 5.41) is 13.2. The molecule has 2 fully saturated rings. The van der Waals surface area contributed by atoms with Crippen LogP contribution in [0, 0.1) is 0 Å². The topological polar surface area (TPSA) is 64.5 Å². The smallest absolute Gasteiger partial charge is 0.224 e. The van der Waals surface area contributed by atoms with Gasteiger partial charge in [0.05, 0.1) is 0 Å². The molecule has 0 bridgehead atoms. The molecule has 0 aliphatic carbocycles. The normalized spacial score (nSPS) is 19.4. The fourth-order valence-corrected chi connectivity index (χ4v) is 4.23. The quantitative estimate of drug-likeness (QED) is 0.824. The van der Waals surface area contributed by atoms with Crippen molar-refractivity contribution in [1.29, 1.82) is 0 Å². The van der Waals surface area contributed by atoms with Crippen LogP contribution in [0.15, 0.2) is 36.5 Å². The van der Waals surface area contributed by atoms with Gasteiger partial charge in [0.1, 0.15) is 11.6 Å². The predicted octanol–water partition coefficient (Wildman–Crippen LogP) is 3.64. The average molecular weight is 382 g/mol. The summed E-state index contributed by atoms with van der Waals surface area (Å²) in [6.07, 6.45) is 9.20. The third kappa shape index (κ3) is 5.13. The fraction of sp³-hybridized carbons (Fsp3) is 0.545. The second-order valence-electron chi connectivity index (χ2n) is 8.00. The number of nitrogens with zero attached hydrogens (tertiary/aromatic N) is 4.